The lowest BCUT2D eigenvalue weighted by Crippen LogP contribution is -2.45. The Hall–Kier alpha value is -2.91. The molecule has 1 amide bonds. The van der Waals surface area contributed by atoms with Gasteiger partial charge < -0.3 is 10.4 Å². The first kappa shape index (κ1) is 23.7. The van der Waals surface area contributed by atoms with Gasteiger partial charge in [-0.1, -0.05) is 59.6 Å². The second-order valence-electron chi connectivity index (χ2n) is 6.79. The molecule has 166 valence electrons. The molecular formula is C22H18Cl2N2O5S. The molecule has 0 aliphatic rings. The summed E-state index contributed by atoms with van der Waals surface area (Å²) in [7, 11) is -4.25. The van der Waals surface area contributed by atoms with E-state index in [1.165, 1.54) is 42.5 Å². The number of aromatic carboxylic acids is 1. The SMILES string of the molecule is O=C(O)c1ccc(NC(=O)[C@H](Cc2ccccc2)NS(=O)(=O)c2c(Cl)cccc2Cl)cc1. The van der Waals surface area contributed by atoms with Crippen LogP contribution in [-0.4, -0.2) is 31.4 Å². The van der Waals surface area contributed by atoms with Gasteiger partial charge in [-0.05, 0) is 48.4 Å². The molecule has 0 bridgehead atoms. The molecule has 3 rings (SSSR count). The van der Waals surface area contributed by atoms with Gasteiger partial charge in [0.05, 0.1) is 15.6 Å². The standard InChI is InChI=1S/C22H18Cl2N2O5S/c23-17-7-4-8-18(24)20(17)32(30,31)26-19(13-14-5-2-1-3-6-14)21(27)25-16-11-9-15(10-12-16)22(28)29/h1-12,19,26H,13H2,(H,25,27)(H,28,29)/t19-/m0/s1. The Morgan fingerprint density at radius 3 is 2.03 bits per heavy atom. The molecule has 0 saturated heterocycles. The fourth-order valence-electron chi connectivity index (χ4n) is 2.95. The van der Waals surface area contributed by atoms with Crippen molar-refractivity contribution in [3.05, 3.63) is 94.0 Å². The Kier molecular flexibility index (Phi) is 7.52. The number of halogens is 2. The monoisotopic (exact) mass is 492 g/mol. The van der Waals surface area contributed by atoms with Crippen molar-refractivity contribution < 1.29 is 23.1 Å². The summed E-state index contributed by atoms with van der Waals surface area (Å²) in [6.07, 6.45) is 0.0567. The molecule has 10 heteroatoms. The van der Waals surface area contributed by atoms with Crippen LogP contribution in [0, 0.1) is 0 Å². The van der Waals surface area contributed by atoms with Crippen LogP contribution in [0.4, 0.5) is 5.69 Å². The van der Waals surface area contributed by atoms with E-state index in [-0.39, 0.29) is 26.9 Å². The van der Waals surface area contributed by atoms with Gasteiger partial charge in [-0.25, -0.2) is 13.2 Å². The van der Waals surface area contributed by atoms with E-state index in [1.807, 2.05) is 0 Å². The largest absolute Gasteiger partial charge is 0.478 e. The van der Waals surface area contributed by atoms with Gasteiger partial charge in [0.1, 0.15) is 10.9 Å². The molecule has 7 nitrogen and oxygen atoms in total. The molecule has 3 N–H and O–H groups in total. The van der Waals surface area contributed by atoms with Gasteiger partial charge in [-0.3, -0.25) is 4.79 Å². The summed E-state index contributed by atoms with van der Waals surface area (Å²) in [4.78, 5) is 23.7. The second kappa shape index (κ2) is 10.1. The molecule has 0 unspecified atom stereocenters. The smallest absolute Gasteiger partial charge is 0.335 e. The summed E-state index contributed by atoms with van der Waals surface area (Å²) in [6, 6.07) is 17.5. The van der Waals surface area contributed by atoms with Gasteiger partial charge in [0.2, 0.25) is 15.9 Å². The molecule has 0 radical (unpaired) electrons. The third kappa shape index (κ3) is 5.86. The van der Waals surface area contributed by atoms with Crippen LogP contribution < -0.4 is 10.0 Å². The highest BCUT2D eigenvalue weighted by molar-refractivity contribution is 7.89. The highest BCUT2D eigenvalue weighted by Gasteiger charge is 2.29. The summed E-state index contributed by atoms with van der Waals surface area (Å²) in [6.45, 7) is 0. The van der Waals surface area contributed by atoms with E-state index in [0.29, 0.717) is 5.69 Å². The molecule has 0 aromatic heterocycles. The van der Waals surface area contributed by atoms with Gasteiger partial charge in [-0.2, -0.15) is 4.72 Å². The number of carbonyl (C=O) groups is 2. The number of amides is 1. The summed E-state index contributed by atoms with van der Waals surface area (Å²) in [5.74, 6) is -1.74. The van der Waals surface area contributed by atoms with Crippen LogP contribution in [0.3, 0.4) is 0 Å². The van der Waals surface area contributed by atoms with E-state index in [4.69, 9.17) is 28.3 Å². The molecule has 0 heterocycles. The van der Waals surface area contributed by atoms with Crippen molar-refractivity contribution in [1.29, 1.82) is 0 Å². The topological polar surface area (TPSA) is 113 Å². The maximum absolute atomic E-state index is 13.0. The molecule has 3 aromatic rings. The van der Waals surface area contributed by atoms with Crippen molar-refractivity contribution in [2.75, 3.05) is 5.32 Å². The Bertz CT molecular complexity index is 1210. The number of carboxylic acid groups (broad SMARTS) is 1. The summed E-state index contributed by atoms with van der Waals surface area (Å²) >= 11 is 12.1. The minimum Gasteiger partial charge on any atom is -0.478 e. The van der Waals surface area contributed by atoms with Gasteiger partial charge in [0.25, 0.3) is 0 Å². The van der Waals surface area contributed by atoms with Crippen LogP contribution in [0.1, 0.15) is 15.9 Å². The van der Waals surface area contributed by atoms with Crippen LogP contribution in [0.5, 0.6) is 0 Å². The summed E-state index contributed by atoms with van der Waals surface area (Å²) < 4.78 is 28.4. The molecule has 32 heavy (non-hydrogen) atoms. The Labute approximate surface area is 195 Å². The number of carboxylic acids is 1. The van der Waals surface area contributed by atoms with Gasteiger partial charge in [0.15, 0.2) is 0 Å². The van der Waals surface area contributed by atoms with Crippen LogP contribution >= 0.6 is 23.2 Å². The first-order valence-corrected chi connectivity index (χ1v) is 11.6. The zero-order chi connectivity index (χ0) is 23.3. The predicted molar refractivity (Wildman–Crippen MR) is 123 cm³/mol. The van der Waals surface area contributed by atoms with Gasteiger partial charge >= 0.3 is 5.97 Å². The van der Waals surface area contributed by atoms with Crippen LogP contribution in [0.15, 0.2) is 77.7 Å². The number of nitrogens with one attached hydrogen (secondary N) is 2. The Balaban J connectivity index is 1.89. The van der Waals surface area contributed by atoms with Gasteiger partial charge in [-0.15, -0.1) is 0 Å². The average Bonchev–Trinajstić information content (AvgIpc) is 2.74. The minimum atomic E-state index is -4.25. The first-order valence-electron chi connectivity index (χ1n) is 9.32. The lowest BCUT2D eigenvalue weighted by Gasteiger charge is -2.20. The molecule has 0 aliphatic heterocycles. The third-order valence-corrected chi connectivity index (χ3v) is 6.91. The Morgan fingerprint density at radius 1 is 0.875 bits per heavy atom. The summed E-state index contributed by atoms with van der Waals surface area (Å²) in [5, 5.41) is 11.5. The van der Waals surface area contributed by atoms with E-state index >= 15 is 0 Å². The lowest BCUT2D eigenvalue weighted by molar-refractivity contribution is -0.117. The quantitative estimate of drug-likeness (QED) is 0.435. The van der Waals surface area contributed by atoms with Crippen LogP contribution in [0.2, 0.25) is 10.0 Å². The number of benzene rings is 3. The maximum Gasteiger partial charge on any atom is 0.335 e. The molecule has 0 spiro atoms. The third-order valence-electron chi connectivity index (χ3n) is 4.48. The second-order valence-corrected chi connectivity index (χ2v) is 9.25. The van der Waals surface area contributed by atoms with Crippen molar-refractivity contribution in [3.8, 4) is 0 Å². The maximum atomic E-state index is 13.0. The number of rotatable bonds is 8. The van der Waals surface area contributed by atoms with E-state index in [0.717, 1.165) is 5.56 Å². The highest BCUT2D eigenvalue weighted by atomic mass is 35.5. The number of hydrogen-bond donors (Lipinski definition) is 3. The molecule has 0 saturated carbocycles. The highest BCUT2D eigenvalue weighted by Crippen LogP contribution is 2.29. The number of carbonyl (C=O) groups excluding carboxylic acids is 1. The van der Waals surface area contributed by atoms with Crippen LogP contribution in [-0.2, 0) is 21.2 Å². The number of anilines is 1. The molecule has 3 aromatic carbocycles. The van der Waals surface area contributed by atoms with Crippen LogP contribution in [0.25, 0.3) is 0 Å². The molecule has 1 atom stereocenters. The van der Waals surface area contributed by atoms with E-state index < -0.39 is 27.9 Å². The predicted octanol–water partition coefficient (Wildman–Crippen LogP) is 4.22. The average molecular weight is 493 g/mol. The van der Waals surface area contributed by atoms with E-state index in [9.17, 15) is 18.0 Å². The van der Waals surface area contributed by atoms with Gasteiger partial charge in [0, 0.05) is 5.69 Å². The first-order chi connectivity index (χ1) is 15.2. The Morgan fingerprint density at radius 2 is 1.47 bits per heavy atom. The molecular weight excluding hydrogens is 475 g/mol. The number of sulfonamides is 1. The molecule has 0 fully saturated rings. The zero-order valence-electron chi connectivity index (χ0n) is 16.5. The van der Waals surface area contributed by atoms with Crippen molar-refractivity contribution in [3.63, 3.8) is 0 Å². The zero-order valence-corrected chi connectivity index (χ0v) is 18.8. The fourth-order valence-corrected chi connectivity index (χ4v) is 5.29. The number of hydrogen-bond acceptors (Lipinski definition) is 4. The fraction of sp³-hybridized carbons (Fsp3) is 0.0909. The normalized spacial score (nSPS) is 12.2. The van der Waals surface area contributed by atoms with Crippen molar-refractivity contribution in [2.45, 2.75) is 17.4 Å². The van der Waals surface area contributed by atoms with E-state index in [2.05, 4.69) is 10.0 Å². The van der Waals surface area contributed by atoms with E-state index in [1.54, 1.807) is 30.3 Å². The lowest BCUT2D eigenvalue weighted by atomic mass is 10.1. The summed E-state index contributed by atoms with van der Waals surface area (Å²) in [5.41, 5.74) is 1.09. The van der Waals surface area contributed by atoms with Crippen molar-refractivity contribution >= 4 is 50.8 Å². The van der Waals surface area contributed by atoms with Crippen molar-refractivity contribution in [1.82, 2.24) is 4.72 Å². The van der Waals surface area contributed by atoms with Crippen molar-refractivity contribution in [2.24, 2.45) is 0 Å². The molecule has 0 aliphatic carbocycles. The minimum absolute atomic E-state index is 0.0536.